The minimum Gasteiger partial charge on any atom is -0.359 e. The molecule has 0 saturated heterocycles. The topological polar surface area (TPSA) is 15.8 Å². The van der Waals surface area contributed by atoms with Gasteiger partial charge in [0, 0.05) is 11.6 Å². The molecule has 1 aromatic heterocycles. The zero-order valence-electron chi connectivity index (χ0n) is 7.74. The third kappa shape index (κ3) is 1.58. The van der Waals surface area contributed by atoms with Crippen molar-refractivity contribution in [2.75, 3.05) is 0 Å². The van der Waals surface area contributed by atoms with Crippen molar-refractivity contribution in [1.82, 2.24) is 4.98 Å². The van der Waals surface area contributed by atoms with Crippen LogP contribution >= 0.6 is 0 Å². The smallest absolute Gasteiger partial charge is 0.359 e. The molecule has 1 N–H and O–H groups in total. The first kappa shape index (κ1) is 10.0. The van der Waals surface area contributed by atoms with Crippen LogP contribution in [0.3, 0.4) is 0 Å². The van der Waals surface area contributed by atoms with E-state index in [1.807, 2.05) is 0 Å². The summed E-state index contributed by atoms with van der Waals surface area (Å²) in [6.07, 6.45) is -3.04. The molecule has 0 aliphatic rings. The SMILES string of the molecule is Cc1c[nH]c2c(F)cc(C(F)(F)F)cc12. The maximum atomic E-state index is 13.3. The minimum absolute atomic E-state index is 0.112. The van der Waals surface area contributed by atoms with Crippen LogP contribution in [0.2, 0.25) is 0 Å². The van der Waals surface area contributed by atoms with Crippen LogP contribution in [-0.4, -0.2) is 4.98 Å². The first-order chi connectivity index (χ1) is 6.89. The molecule has 0 fully saturated rings. The number of alkyl halides is 3. The lowest BCUT2D eigenvalue weighted by molar-refractivity contribution is -0.137. The van der Waals surface area contributed by atoms with Crippen molar-refractivity contribution in [1.29, 1.82) is 0 Å². The lowest BCUT2D eigenvalue weighted by Gasteiger charge is -2.07. The fourth-order valence-corrected chi connectivity index (χ4v) is 1.49. The van der Waals surface area contributed by atoms with Gasteiger partial charge in [-0.3, -0.25) is 0 Å². The van der Waals surface area contributed by atoms with Crippen LogP contribution in [0.5, 0.6) is 0 Å². The number of rotatable bonds is 0. The lowest BCUT2D eigenvalue weighted by Crippen LogP contribution is -2.05. The van der Waals surface area contributed by atoms with Gasteiger partial charge in [-0.05, 0) is 24.6 Å². The molecule has 0 unspecified atom stereocenters. The number of hydrogen-bond donors (Lipinski definition) is 1. The molecule has 0 aliphatic heterocycles. The summed E-state index contributed by atoms with van der Waals surface area (Å²) in [5, 5.41) is 0.266. The first-order valence-corrected chi connectivity index (χ1v) is 4.24. The van der Waals surface area contributed by atoms with E-state index >= 15 is 0 Å². The number of H-pyrrole nitrogens is 1. The van der Waals surface area contributed by atoms with Gasteiger partial charge in [-0.2, -0.15) is 13.2 Å². The average Bonchev–Trinajstić information content (AvgIpc) is 2.47. The van der Waals surface area contributed by atoms with Crippen molar-refractivity contribution < 1.29 is 17.6 Å². The Morgan fingerprint density at radius 1 is 1.20 bits per heavy atom. The van der Waals surface area contributed by atoms with Gasteiger partial charge in [-0.25, -0.2) is 4.39 Å². The van der Waals surface area contributed by atoms with E-state index in [1.165, 1.54) is 6.20 Å². The van der Waals surface area contributed by atoms with Gasteiger partial charge >= 0.3 is 6.18 Å². The Bertz CT molecular complexity index is 510. The molecule has 5 heteroatoms. The highest BCUT2D eigenvalue weighted by Crippen LogP contribution is 2.33. The lowest BCUT2D eigenvalue weighted by atomic mass is 10.1. The highest BCUT2D eigenvalue weighted by molar-refractivity contribution is 5.84. The number of aromatic nitrogens is 1. The molecule has 0 radical (unpaired) electrons. The molecule has 0 bridgehead atoms. The normalized spacial score (nSPS) is 12.3. The third-order valence-corrected chi connectivity index (χ3v) is 2.28. The molecular formula is C10H7F4N. The summed E-state index contributed by atoms with van der Waals surface area (Å²) in [7, 11) is 0. The van der Waals surface area contributed by atoms with E-state index in [1.54, 1.807) is 6.92 Å². The Balaban J connectivity index is 2.76. The quantitative estimate of drug-likeness (QED) is 0.648. The first-order valence-electron chi connectivity index (χ1n) is 4.24. The summed E-state index contributed by atoms with van der Waals surface area (Å²) in [5.41, 5.74) is -0.259. The summed E-state index contributed by atoms with van der Waals surface area (Å²) in [4.78, 5) is 2.59. The van der Waals surface area contributed by atoms with Gasteiger partial charge < -0.3 is 4.98 Å². The number of aryl methyl sites for hydroxylation is 1. The Kier molecular flexibility index (Phi) is 1.99. The van der Waals surface area contributed by atoms with Crippen LogP contribution < -0.4 is 0 Å². The highest BCUT2D eigenvalue weighted by Gasteiger charge is 2.31. The number of halogens is 4. The Hall–Kier alpha value is -1.52. The maximum absolute atomic E-state index is 13.3. The van der Waals surface area contributed by atoms with Gasteiger partial charge in [0.05, 0.1) is 11.1 Å². The molecule has 0 spiro atoms. The molecule has 0 amide bonds. The second kappa shape index (κ2) is 2.98. The standard InChI is InChI=1S/C10H7F4N/c1-5-4-15-9-7(5)2-6(3-8(9)11)10(12,13)14/h2-4,15H,1H3. The second-order valence-electron chi connectivity index (χ2n) is 3.35. The summed E-state index contributed by atoms with van der Waals surface area (Å²) in [6, 6.07) is 1.45. The molecule has 1 heterocycles. The molecular weight excluding hydrogens is 210 g/mol. The average molecular weight is 217 g/mol. The predicted octanol–water partition coefficient (Wildman–Crippen LogP) is 3.63. The fraction of sp³-hybridized carbons (Fsp3) is 0.200. The number of nitrogens with one attached hydrogen (secondary N) is 1. The maximum Gasteiger partial charge on any atom is 0.416 e. The van der Waals surface area contributed by atoms with E-state index in [9.17, 15) is 17.6 Å². The van der Waals surface area contributed by atoms with Crippen LogP contribution in [0.15, 0.2) is 18.3 Å². The Morgan fingerprint density at radius 2 is 1.87 bits per heavy atom. The summed E-state index contributed by atoms with van der Waals surface area (Å²) >= 11 is 0. The molecule has 2 aromatic rings. The number of aromatic amines is 1. The van der Waals surface area contributed by atoms with Gasteiger partial charge in [0.25, 0.3) is 0 Å². The molecule has 2 rings (SSSR count). The number of benzene rings is 1. The summed E-state index contributed by atoms with van der Waals surface area (Å²) in [5.74, 6) is -0.882. The van der Waals surface area contributed by atoms with E-state index in [4.69, 9.17) is 0 Å². The van der Waals surface area contributed by atoms with Crippen molar-refractivity contribution >= 4 is 10.9 Å². The summed E-state index contributed by atoms with van der Waals surface area (Å²) in [6.45, 7) is 1.62. The van der Waals surface area contributed by atoms with E-state index in [-0.39, 0.29) is 10.9 Å². The second-order valence-corrected chi connectivity index (χ2v) is 3.35. The van der Waals surface area contributed by atoms with Crippen molar-refractivity contribution in [2.24, 2.45) is 0 Å². The zero-order valence-corrected chi connectivity index (χ0v) is 7.74. The van der Waals surface area contributed by atoms with Crippen molar-refractivity contribution in [3.8, 4) is 0 Å². The molecule has 1 nitrogen and oxygen atoms in total. The molecule has 0 aliphatic carbocycles. The van der Waals surface area contributed by atoms with Crippen LogP contribution in [0, 0.1) is 12.7 Å². The van der Waals surface area contributed by atoms with E-state index in [2.05, 4.69) is 4.98 Å². The molecule has 0 atom stereocenters. The van der Waals surface area contributed by atoms with E-state index in [0.717, 1.165) is 6.07 Å². The molecule has 80 valence electrons. The minimum atomic E-state index is -4.52. The molecule has 1 aromatic carbocycles. The van der Waals surface area contributed by atoms with Crippen molar-refractivity contribution in [3.05, 3.63) is 35.3 Å². The van der Waals surface area contributed by atoms with E-state index < -0.39 is 17.6 Å². The zero-order chi connectivity index (χ0) is 11.2. The monoisotopic (exact) mass is 217 g/mol. The van der Waals surface area contributed by atoms with Crippen LogP contribution in [0.1, 0.15) is 11.1 Å². The fourth-order valence-electron chi connectivity index (χ4n) is 1.49. The summed E-state index contributed by atoms with van der Waals surface area (Å²) < 4.78 is 50.3. The highest BCUT2D eigenvalue weighted by atomic mass is 19.4. The largest absolute Gasteiger partial charge is 0.416 e. The van der Waals surface area contributed by atoms with Gasteiger partial charge in [0.2, 0.25) is 0 Å². The Morgan fingerprint density at radius 3 is 2.47 bits per heavy atom. The van der Waals surface area contributed by atoms with Gasteiger partial charge in [-0.15, -0.1) is 0 Å². The van der Waals surface area contributed by atoms with Crippen molar-refractivity contribution in [3.63, 3.8) is 0 Å². The van der Waals surface area contributed by atoms with Gasteiger partial charge in [0.15, 0.2) is 0 Å². The predicted molar refractivity (Wildman–Crippen MR) is 48.0 cm³/mol. The Labute approximate surface area is 82.7 Å². The van der Waals surface area contributed by atoms with E-state index in [0.29, 0.717) is 11.6 Å². The van der Waals surface area contributed by atoms with Crippen LogP contribution in [-0.2, 0) is 6.18 Å². The van der Waals surface area contributed by atoms with Gasteiger partial charge in [-0.1, -0.05) is 0 Å². The number of fused-ring (bicyclic) bond motifs is 1. The molecule has 0 saturated carbocycles. The third-order valence-electron chi connectivity index (χ3n) is 2.28. The van der Waals surface area contributed by atoms with Crippen LogP contribution in [0.25, 0.3) is 10.9 Å². The number of hydrogen-bond acceptors (Lipinski definition) is 0. The molecule has 15 heavy (non-hydrogen) atoms. The van der Waals surface area contributed by atoms with Gasteiger partial charge in [0.1, 0.15) is 5.82 Å². The van der Waals surface area contributed by atoms with Crippen molar-refractivity contribution in [2.45, 2.75) is 13.1 Å². The van der Waals surface area contributed by atoms with Crippen LogP contribution in [0.4, 0.5) is 17.6 Å².